The first-order valence-electron chi connectivity index (χ1n) is 5.98. The summed E-state index contributed by atoms with van der Waals surface area (Å²) in [5.41, 5.74) is -0.281. The lowest BCUT2D eigenvalue weighted by Crippen LogP contribution is -2.22. The Bertz CT molecular complexity index is 936. The monoisotopic (exact) mass is 388 g/mol. The van der Waals surface area contributed by atoms with Gasteiger partial charge < -0.3 is 4.57 Å². The second-order valence-electron chi connectivity index (χ2n) is 4.66. The SMILES string of the molecule is CS(=O)(=O)O.N=c1sc2cc(C(F)(F)F)cc3c2n1CC[S@@]3=O. The molecule has 0 saturated heterocycles. The van der Waals surface area contributed by atoms with Gasteiger partial charge in [0.25, 0.3) is 10.1 Å². The zero-order valence-corrected chi connectivity index (χ0v) is 14.0. The first-order chi connectivity index (χ1) is 10.4. The third-order valence-electron chi connectivity index (χ3n) is 2.83. The number of nitrogens with one attached hydrogen (secondary N) is 1. The number of thiazole rings is 1. The van der Waals surface area contributed by atoms with Gasteiger partial charge in [0.2, 0.25) is 0 Å². The van der Waals surface area contributed by atoms with Gasteiger partial charge in [-0.15, -0.1) is 0 Å². The molecule has 1 aromatic carbocycles. The summed E-state index contributed by atoms with van der Waals surface area (Å²) >= 11 is 0.985. The third kappa shape index (κ3) is 4.19. The van der Waals surface area contributed by atoms with Crippen molar-refractivity contribution >= 4 is 42.5 Å². The quantitative estimate of drug-likeness (QED) is 0.673. The van der Waals surface area contributed by atoms with E-state index >= 15 is 0 Å². The van der Waals surface area contributed by atoms with Crippen LogP contribution >= 0.6 is 11.3 Å². The van der Waals surface area contributed by atoms with Crippen LogP contribution in [0.15, 0.2) is 17.0 Å². The summed E-state index contributed by atoms with van der Waals surface area (Å²) in [6, 6.07) is 1.97. The van der Waals surface area contributed by atoms with E-state index in [0.29, 0.717) is 23.0 Å². The van der Waals surface area contributed by atoms with E-state index in [1.165, 1.54) is 0 Å². The highest BCUT2D eigenvalue weighted by atomic mass is 32.2. The van der Waals surface area contributed by atoms with Crippen LogP contribution in [0.25, 0.3) is 10.2 Å². The van der Waals surface area contributed by atoms with Crippen LogP contribution in [0.2, 0.25) is 0 Å². The molecule has 0 radical (unpaired) electrons. The second kappa shape index (κ2) is 6.00. The highest BCUT2D eigenvalue weighted by Gasteiger charge is 2.33. The van der Waals surface area contributed by atoms with Crippen LogP contribution in [-0.4, -0.2) is 33.8 Å². The topological polar surface area (TPSA) is 100 Å². The maximum absolute atomic E-state index is 12.7. The maximum Gasteiger partial charge on any atom is 0.416 e. The minimum atomic E-state index is -4.46. The summed E-state index contributed by atoms with van der Waals surface area (Å²) in [7, 11) is -5.08. The highest BCUT2D eigenvalue weighted by molar-refractivity contribution is 7.85. The van der Waals surface area contributed by atoms with Crippen LogP contribution in [0.1, 0.15) is 5.56 Å². The molecule has 12 heteroatoms. The Morgan fingerprint density at radius 1 is 1.39 bits per heavy atom. The molecule has 0 fully saturated rings. The van der Waals surface area contributed by atoms with Gasteiger partial charge in [-0.05, 0) is 12.1 Å². The first-order valence-corrected chi connectivity index (χ1v) is 9.96. The van der Waals surface area contributed by atoms with E-state index in [2.05, 4.69) is 0 Å². The average Bonchev–Trinajstić information content (AvgIpc) is 2.67. The van der Waals surface area contributed by atoms with Crippen molar-refractivity contribution in [1.29, 1.82) is 5.41 Å². The van der Waals surface area contributed by atoms with Gasteiger partial charge >= 0.3 is 6.18 Å². The molecule has 23 heavy (non-hydrogen) atoms. The van der Waals surface area contributed by atoms with Gasteiger partial charge in [-0.2, -0.15) is 21.6 Å². The molecule has 2 N–H and O–H groups in total. The van der Waals surface area contributed by atoms with E-state index < -0.39 is 32.7 Å². The molecule has 0 saturated carbocycles. The van der Waals surface area contributed by atoms with E-state index in [9.17, 15) is 25.8 Å². The average molecular weight is 388 g/mol. The minimum absolute atomic E-state index is 0.195. The molecule has 0 amide bonds. The van der Waals surface area contributed by atoms with Gasteiger partial charge in [0.15, 0.2) is 4.80 Å². The highest BCUT2D eigenvalue weighted by Crippen LogP contribution is 2.36. The molecule has 2 heterocycles. The van der Waals surface area contributed by atoms with E-state index in [1.54, 1.807) is 4.57 Å². The maximum atomic E-state index is 12.7. The fraction of sp³-hybridized carbons (Fsp3) is 0.364. The summed E-state index contributed by atoms with van der Waals surface area (Å²) in [5, 5.41) is 7.72. The van der Waals surface area contributed by atoms with Gasteiger partial charge in [0.05, 0.1) is 37.7 Å². The number of aryl methyl sites for hydroxylation is 1. The lowest BCUT2D eigenvalue weighted by Gasteiger charge is -2.16. The molecule has 1 aliphatic rings. The van der Waals surface area contributed by atoms with E-state index in [4.69, 9.17) is 9.96 Å². The Morgan fingerprint density at radius 2 is 1.96 bits per heavy atom. The normalized spacial score (nSPS) is 17.7. The zero-order chi connectivity index (χ0) is 17.6. The fourth-order valence-corrected chi connectivity index (χ4v) is 4.35. The number of aromatic nitrogens is 1. The summed E-state index contributed by atoms with van der Waals surface area (Å²) in [5.74, 6) is 0.261. The zero-order valence-electron chi connectivity index (χ0n) is 11.5. The van der Waals surface area contributed by atoms with Gasteiger partial charge in [0.1, 0.15) is 0 Å². The van der Waals surface area contributed by atoms with Crippen LogP contribution in [-0.2, 0) is 33.6 Å². The Labute approximate surface area is 135 Å². The molecule has 0 aliphatic carbocycles. The number of hydrogen-bond donors (Lipinski definition) is 2. The molecular weight excluding hydrogens is 377 g/mol. The predicted octanol–water partition coefficient (Wildman–Crippen LogP) is 1.83. The number of nitrogens with zero attached hydrogens (tertiary/aromatic N) is 1. The lowest BCUT2D eigenvalue weighted by atomic mass is 10.2. The van der Waals surface area contributed by atoms with Crippen LogP contribution in [0, 0.1) is 5.41 Å². The Balaban J connectivity index is 0.000000338. The van der Waals surface area contributed by atoms with Crippen molar-refractivity contribution in [2.45, 2.75) is 17.6 Å². The molecule has 0 unspecified atom stereocenters. The van der Waals surface area contributed by atoms with Gasteiger partial charge in [0, 0.05) is 12.3 Å². The molecular formula is C11H11F3N2O4S3. The van der Waals surface area contributed by atoms with Crippen LogP contribution in [0.5, 0.6) is 0 Å². The molecule has 1 aromatic heterocycles. The van der Waals surface area contributed by atoms with Crippen molar-refractivity contribution < 1.29 is 30.4 Å². The Kier molecular flexibility index (Phi) is 4.72. The Morgan fingerprint density at radius 3 is 2.48 bits per heavy atom. The van der Waals surface area contributed by atoms with Crippen molar-refractivity contribution in [2.75, 3.05) is 12.0 Å². The number of rotatable bonds is 0. The standard InChI is InChI=1S/C10H7F3N2OS2.CH4O3S/c11-10(12,13)5-3-6-8-7(4-5)18(16)2-1-15(8)9(14)17-6;1-5(2,3)4/h3-4,14H,1-2H2;1H3,(H,2,3,4)/t18-;/m0./s1. The molecule has 128 valence electrons. The van der Waals surface area contributed by atoms with Gasteiger partial charge in [-0.25, -0.2) is 0 Å². The fourth-order valence-electron chi connectivity index (χ4n) is 2.02. The first kappa shape index (κ1) is 18.1. The van der Waals surface area contributed by atoms with Crippen molar-refractivity contribution in [3.05, 3.63) is 22.5 Å². The van der Waals surface area contributed by atoms with E-state index in [-0.39, 0.29) is 15.4 Å². The number of alkyl halides is 3. The molecule has 6 nitrogen and oxygen atoms in total. The Hall–Kier alpha value is -1.24. The summed E-state index contributed by atoms with van der Waals surface area (Å²) in [4.78, 5) is 0.392. The summed E-state index contributed by atoms with van der Waals surface area (Å²) in [6.45, 7) is 0.420. The second-order valence-corrected chi connectivity index (χ2v) is 8.70. The van der Waals surface area contributed by atoms with Crippen molar-refractivity contribution in [3.63, 3.8) is 0 Å². The van der Waals surface area contributed by atoms with Gasteiger partial charge in [-0.3, -0.25) is 14.2 Å². The molecule has 1 aliphatic heterocycles. The largest absolute Gasteiger partial charge is 0.416 e. The van der Waals surface area contributed by atoms with Crippen molar-refractivity contribution in [3.8, 4) is 0 Å². The van der Waals surface area contributed by atoms with E-state index in [1.807, 2.05) is 0 Å². The van der Waals surface area contributed by atoms with Crippen LogP contribution in [0.4, 0.5) is 13.2 Å². The van der Waals surface area contributed by atoms with Crippen molar-refractivity contribution in [1.82, 2.24) is 4.57 Å². The molecule has 2 aromatic rings. The third-order valence-corrected chi connectivity index (χ3v) is 5.13. The molecule has 3 rings (SSSR count). The van der Waals surface area contributed by atoms with Gasteiger partial charge in [-0.1, -0.05) is 11.3 Å². The van der Waals surface area contributed by atoms with Crippen LogP contribution < -0.4 is 4.80 Å². The molecule has 0 spiro atoms. The smallest absolute Gasteiger partial charge is 0.315 e. The van der Waals surface area contributed by atoms with Crippen molar-refractivity contribution in [2.24, 2.45) is 0 Å². The predicted molar refractivity (Wildman–Crippen MR) is 79.4 cm³/mol. The summed E-state index contributed by atoms with van der Waals surface area (Å²) < 4.78 is 77.9. The number of benzene rings is 1. The number of hydrogen-bond acceptors (Lipinski definition) is 5. The molecule has 1 atom stereocenters. The summed E-state index contributed by atoms with van der Waals surface area (Å²) in [6.07, 6.45) is -3.74. The van der Waals surface area contributed by atoms with Crippen LogP contribution in [0.3, 0.4) is 0 Å². The minimum Gasteiger partial charge on any atom is -0.315 e. The number of halogens is 3. The van der Waals surface area contributed by atoms with E-state index in [0.717, 1.165) is 23.5 Å². The lowest BCUT2D eigenvalue weighted by molar-refractivity contribution is -0.137. The molecule has 0 bridgehead atoms.